The summed E-state index contributed by atoms with van der Waals surface area (Å²) in [4.78, 5) is 2.18. The SMILES string of the molecule is CC(C)COc1ccc(CCCNCCN(C)C)cc1N. The van der Waals surface area contributed by atoms with E-state index in [0.29, 0.717) is 12.5 Å². The van der Waals surface area contributed by atoms with Crippen LogP contribution in [0.5, 0.6) is 5.75 Å². The predicted molar refractivity (Wildman–Crippen MR) is 90.9 cm³/mol. The molecule has 0 bridgehead atoms. The first-order valence-corrected chi connectivity index (χ1v) is 7.85. The molecule has 4 heteroatoms. The summed E-state index contributed by atoms with van der Waals surface area (Å²) in [5, 5.41) is 3.45. The maximum Gasteiger partial charge on any atom is 0.142 e. The monoisotopic (exact) mass is 293 g/mol. The Morgan fingerprint density at radius 1 is 1.24 bits per heavy atom. The Bertz CT molecular complexity index is 405. The van der Waals surface area contributed by atoms with E-state index in [2.05, 4.69) is 44.2 Å². The van der Waals surface area contributed by atoms with E-state index in [0.717, 1.165) is 43.9 Å². The van der Waals surface area contributed by atoms with Gasteiger partial charge in [-0.25, -0.2) is 0 Å². The summed E-state index contributed by atoms with van der Waals surface area (Å²) in [5.41, 5.74) is 8.07. The van der Waals surface area contributed by atoms with Crippen LogP contribution in [-0.2, 0) is 6.42 Å². The van der Waals surface area contributed by atoms with Crippen molar-refractivity contribution < 1.29 is 4.74 Å². The van der Waals surface area contributed by atoms with Crippen molar-refractivity contribution in [3.8, 4) is 5.75 Å². The summed E-state index contributed by atoms with van der Waals surface area (Å²) < 4.78 is 5.69. The molecule has 0 heterocycles. The number of hydrogen-bond acceptors (Lipinski definition) is 4. The summed E-state index contributed by atoms with van der Waals surface area (Å²) in [6, 6.07) is 6.15. The van der Waals surface area contributed by atoms with Crippen molar-refractivity contribution >= 4 is 5.69 Å². The maximum absolute atomic E-state index is 6.05. The Balaban J connectivity index is 2.28. The van der Waals surface area contributed by atoms with E-state index >= 15 is 0 Å². The molecule has 0 saturated heterocycles. The van der Waals surface area contributed by atoms with E-state index in [1.165, 1.54) is 5.56 Å². The van der Waals surface area contributed by atoms with E-state index in [1.54, 1.807) is 0 Å². The van der Waals surface area contributed by atoms with Gasteiger partial charge < -0.3 is 20.7 Å². The second kappa shape index (κ2) is 9.64. The molecule has 0 aliphatic heterocycles. The van der Waals surface area contributed by atoms with E-state index in [-0.39, 0.29) is 0 Å². The van der Waals surface area contributed by atoms with E-state index in [1.807, 2.05) is 12.1 Å². The molecule has 0 aromatic heterocycles. The number of nitrogens with zero attached hydrogens (tertiary/aromatic N) is 1. The summed E-state index contributed by atoms with van der Waals surface area (Å²) in [6.45, 7) is 8.13. The third-order valence-electron chi connectivity index (χ3n) is 3.20. The summed E-state index contributed by atoms with van der Waals surface area (Å²) in [6.07, 6.45) is 2.17. The Hall–Kier alpha value is -1.26. The largest absolute Gasteiger partial charge is 0.491 e. The van der Waals surface area contributed by atoms with Gasteiger partial charge in [-0.2, -0.15) is 0 Å². The molecule has 0 fully saturated rings. The number of anilines is 1. The zero-order valence-electron chi connectivity index (χ0n) is 14.0. The fourth-order valence-electron chi connectivity index (χ4n) is 1.99. The van der Waals surface area contributed by atoms with Crippen LogP contribution in [0.3, 0.4) is 0 Å². The van der Waals surface area contributed by atoms with Crippen LogP contribution in [0.25, 0.3) is 0 Å². The smallest absolute Gasteiger partial charge is 0.142 e. The summed E-state index contributed by atoms with van der Waals surface area (Å²) in [5.74, 6) is 1.31. The molecule has 0 unspecified atom stereocenters. The number of rotatable bonds is 10. The zero-order valence-corrected chi connectivity index (χ0v) is 14.0. The van der Waals surface area contributed by atoms with Gasteiger partial charge in [-0.15, -0.1) is 0 Å². The van der Waals surface area contributed by atoms with Gasteiger partial charge in [0.05, 0.1) is 12.3 Å². The topological polar surface area (TPSA) is 50.5 Å². The van der Waals surface area contributed by atoms with Crippen molar-refractivity contribution in [3.05, 3.63) is 23.8 Å². The lowest BCUT2D eigenvalue weighted by atomic mass is 10.1. The Labute approximate surface area is 129 Å². The minimum absolute atomic E-state index is 0.511. The predicted octanol–water partition coefficient (Wildman–Crippen LogP) is 2.39. The maximum atomic E-state index is 6.05. The van der Waals surface area contributed by atoms with Crippen molar-refractivity contribution in [3.63, 3.8) is 0 Å². The third kappa shape index (κ3) is 7.93. The third-order valence-corrected chi connectivity index (χ3v) is 3.20. The lowest BCUT2D eigenvalue weighted by molar-refractivity contribution is 0.272. The Morgan fingerprint density at radius 2 is 2.00 bits per heavy atom. The first-order valence-electron chi connectivity index (χ1n) is 7.85. The molecule has 120 valence electrons. The molecule has 21 heavy (non-hydrogen) atoms. The van der Waals surface area contributed by atoms with Crippen LogP contribution in [0, 0.1) is 5.92 Å². The van der Waals surface area contributed by atoms with Crippen molar-refractivity contribution in [2.24, 2.45) is 5.92 Å². The molecular formula is C17H31N3O. The van der Waals surface area contributed by atoms with Gasteiger partial charge in [0.1, 0.15) is 5.75 Å². The molecule has 4 nitrogen and oxygen atoms in total. The van der Waals surface area contributed by atoms with Crippen molar-refractivity contribution in [2.75, 3.05) is 46.1 Å². The first-order chi connectivity index (χ1) is 9.99. The van der Waals surface area contributed by atoms with Gasteiger partial charge >= 0.3 is 0 Å². The molecule has 0 atom stereocenters. The van der Waals surface area contributed by atoms with Crippen LogP contribution >= 0.6 is 0 Å². The Morgan fingerprint density at radius 3 is 2.62 bits per heavy atom. The molecule has 3 N–H and O–H groups in total. The standard InChI is InChI=1S/C17H31N3O/c1-14(2)13-21-17-8-7-15(12-16(17)18)6-5-9-19-10-11-20(3)4/h7-8,12,14,19H,5-6,9-11,13,18H2,1-4H3. The molecule has 0 radical (unpaired) electrons. The van der Waals surface area contributed by atoms with Crippen LogP contribution < -0.4 is 15.8 Å². The number of nitrogens with one attached hydrogen (secondary N) is 1. The number of aryl methyl sites for hydroxylation is 1. The van der Waals surface area contributed by atoms with Crippen LogP contribution in [0.15, 0.2) is 18.2 Å². The van der Waals surface area contributed by atoms with Crippen molar-refractivity contribution in [1.82, 2.24) is 10.2 Å². The van der Waals surface area contributed by atoms with Crippen molar-refractivity contribution in [2.45, 2.75) is 26.7 Å². The second-order valence-corrected chi connectivity index (χ2v) is 6.23. The van der Waals surface area contributed by atoms with Gasteiger partial charge in [0.15, 0.2) is 0 Å². The van der Waals surface area contributed by atoms with E-state index in [9.17, 15) is 0 Å². The molecule has 0 amide bonds. The fourth-order valence-corrected chi connectivity index (χ4v) is 1.99. The minimum atomic E-state index is 0.511. The lowest BCUT2D eigenvalue weighted by Crippen LogP contribution is -2.27. The second-order valence-electron chi connectivity index (χ2n) is 6.23. The zero-order chi connectivity index (χ0) is 15.7. The first kappa shape index (κ1) is 17.8. The average Bonchev–Trinajstić information content (AvgIpc) is 2.41. The highest BCUT2D eigenvalue weighted by Gasteiger charge is 2.03. The van der Waals surface area contributed by atoms with E-state index < -0.39 is 0 Å². The molecule has 0 aliphatic carbocycles. The molecule has 0 aliphatic rings. The molecule has 1 rings (SSSR count). The van der Waals surface area contributed by atoms with Crippen molar-refractivity contribution in [1.29, 1.82) is 0 Å². The van der Waals surface area contributed by atoms with Crippen LogP contribution in [0.4, 0.5) is 5.69 Å². The normalized spacial score (nSPS) is 11.3. The van der Waals surface area contributed by atoms with Gasteiger partial charge in [0, 0.05) is 13.1 Å². The van der Waals surface area contributed by atoms with Gasteiger partial charge in [-0.05, 0) is 57.1 Å². The number of hydrogen-bond donors (Lipinski definition) is 2. The number of ether oxygens (including phenoxy) is 1. The van der Waals surface area contributed by atoms with Crippen LogP contribution in [0.2, 0.25) is 0 Å². The van der Waals surface area contributed by atoms with Gasteiger partial charge in [-0.1, -0.05) is 19.9 Å². The Kier molecular flexibility index (Phi) is 8.16. The molecular weight excluding hydrogens is 262 g/mol. The van der Waals surface area contributed by atoms with E-state index in [4.69, 9.17) is 10.5 Å². The summed E-state index contributed by atoms with van der Waals surface area (Å²) in [7, 11) is 4.18. The number of nitrogens with two attached hydrogens (primary N) is 1. The minimum Gasteiger partial charge on any atom is -0.491 e. The lowest BCUT2D eigenvalue weighted by Gasteiger charge is -2.12. The number of likely N-dealkylation sites (N-methyl/N-ethyl adjacent to an activating group) is 1. The highest BCUT2D eigenvalue weighted by atomic mass is 16.5. The van der Waals surface area contributed by atoms with Gasteiger partial charge in [0.2, 0.25) is 0 Å². The highest BCUT2D eigenvalue weighted by Crippen LogP contribution is 2.23. The molecule has 1 aromatic carbocycles. The average molecular weight is 293 g/mol. The molecule has 0 spiro atoms. The van der Waals surface area contributed by atoms with Crippen LogP contribution in [-0.4, -0.2) is 45.2 Å². The fraction of sp³-hybridized carbons (Fsp3) is 0.647. The summed E-state index contributed by atoms with van der Waals surface area (Å²) >= 11 is 0. The number of benzene rings is 1. The quantitative estimate of drug-likeness (QED) is 0.514. The van der Waals surface area contributed by atoms with Crippen LogP contribution in [0.1, 0.15) is 25.8 Å². The highest BCUT2D eigenvalue weighted by molar-refractivity contribution is 5.54. The number of nitrogen functional groups attached to an aromatic ring is 1. The molecule has 1 aromatic rings. The van der Waals surface area contributed by atoms with Gasteiger partial charge in [-0.3, -0.25) is 0 Å². The van der Waals surface area contributed by atoms with Gasteiger partial charge in [0.25, 0.3) is 0 Å². The molecule has 0 saturated carbocycles.